The summed E-state index contributed by atoms with van der Waals surface area (Å²) in [7, 11) is 0. The predicted molar refractivity (Wildman–Crippen MR) is 118 cm³/mol. The Morgan fingerprint density at radius 1 is 1.08 bits per heavy atom. The minimum absolute atomic E-state index is 0.0291. The molecule has 0 saturated heterocycles. The average Bonchev–Trinajstić information content (AvgIpc) is 3.28. The number of hydrogen-bond donors (Lipinski definition) is 3. The molecule has 0 fully saturated rings. The number of amides is 1. The van der Waals surface area contributed by atoms with Crippen molar-refractivity contribution in [3.8, 4) is 0 Å². The van der Waals surface area contributed by atoms with E-state index < -0.39 is 54.0 Å². The van der Waals surface area contributed by atoms with E-state index in [0.717, 1.165) is 18.2 Å². The van der Waals surface area contributed by atoms with E-state index in [-0.39, 0.29) is 16.9 Å². The number of carboxylic acid groups (broad SMARTS) is 1. The normalized spacial score (nSPS) is 17.8. The number of alkyl halides is 5. The number of halogens is 6. The zero-order chi connectivity index (χ0) is 27.0. The van der Waals surface area contributed by atoms with Gasteiger partial charge in [0.15, 0.2) is 5.69 Å². The van der Waals surface area contributed by atoms with E-state index in [1.807, 2.05) is 0 Å². The highest BCUT2D eigenvalue weighted by molar-refractivity contribution is 5.94. The molecule has 0 bridgehead atoms. The largest absolute Gasteiger partial charge is 0.478 e. The van der Waals surface area contributed by atoms with Gasteiger partial charge >= 0.3 is 18.1 Å². The Balaban J connectivity index is 1.59. The molecule has 2 aromatic carbocycles. The fourth-order valence-electron chi connectivity index (χ4n) is 3.75. The summed E-state index contributed by atoms with van der Waals surface area (Å²) in [6.45, 7) is 0. The van der Waals surface area contributed by atoms with Crippen molar-refractivity contribution in [3.63, 3.8) is 0 Å². The van der Waals surface area contributed by atoms with Gasteiger partial charge in [0.1, 0.15) is 17.7 Å². The van der Waals surface area contributed by atoms with Crippen molar-refractivity contribution in [3.05, 3.63) is 82.8 Å². The maximum Gasteiger partial charge on any atom is 0.455 e. The molecule has 0 aliphatic carbocycles. The van der Waals surface area contributed by atoms with Crippen LogP contribution in [0.5, 0.6) is 0 Å². The number of benzene rings is 2. The lowest BCUT2D eigenvalue weighted by Crippen LogP contribution is -2.47. The third-order valence-electron chi connectivity index (χ3n) is 5.65. The molecule has 0 radical (unpaired) electrons. The third kappa shape index (κ3) is 5.27. The summed E-state index contributed by atoms with van der Waals surface area (Å²) in [4.78, 5) is 23.4. The smallest absolute Gasteiger partial charge is 0.455 e. The first-order valence-corrected chi connectivity index (χ1v) is 10.6. The van der Waals surface area contributed by atoms with Crippen molar-refractivity contribution in [2.75, 3.05) is 5.32 Å². The molecule has 4 rings (SSSR count). The first-order chi connectivity index (χ1) is 17.4. The number of nitrogens with zero attached hydrogens (tertiary/aromatic N) is 3. The van der Waals surface area contributed by atoms with Gasteiger partial charge in [0.2, 0.25) is 0 Å². The highest BCUT2D eigenvalue weighted by Gasteiger charge is 2.64. The van der Waals surface area contributed by atoms with E-state index in [1.165, 1.54) is 42.6 Å². The van der Waals surface area contributed by atoms with Crippen LogP contribution in [-0.4, -0.2) is 45.1 Å². The number of anilines is 1. The van der Waals surface area contributed by atoms with Crippen LogP contribution in [-0.2, 0) is 0 Å². The molecule has 2 heterocycles. The molecule has 194 valence electrons. The van der Waals surface area contributed by atoms with Crippen molar-refractivity contribution in [1.82, 2.24) is 15.2 Å². The summed E-state index contributed by atoms with van der Waals surface area (Å²) in [6, 6.07) is 7.51. The highest BCUT2D eigenvalue weighted by atomic mass is 19.4. The van der Waals surface area contributed by atoms with Crippen molar-refractivity contribution in [2.24, 2.45) is 5.10 Å². The number of carbonyl (C=O) groups is 2. The van der Waals surface area contributed by atoms with Crippen molar-refractivity contribution in [2.45, 2.75) is 30.6 Å². The minimum Gasteiger partial charge on any atom is -0.478 e. The average molecular weight is 525 g/mol. The van der Waals surface area contributed by atoms with Crippen molar-refractivity contribution in [1.29, 1.82) is 0 Å². The van der Waals surface area contributed by atoms with E-state index in [4.69, 9.17) is 5.11 Å². The lowest BCUT2D eigenvalue weighted by atomic mass is 9.93. The molecule has 8 nitrogen and oxygen atoms in total. The second kappa shape index (κ2) is 9.59. The molecule has 0 spiro atoms. The molecule has 3 aromatic rings. The number of hydrazone groups is 1. The minimum atomic E-state index is -5.89. The molecule has 1 amide bonds. The zero-order valence-electron chi connectivity index (χ0n) is 18.5. The number of aromatic nitrogens is 2. The molecule has 1 aliphatic heterocycles. The van der Waals surface area contributed by atoms with Crippen LogP contribution < -0.4 is 10.7 Å². The fourth-order valence-corrected chi connectivity index (χ4v) is 3.75. The fraction of sp³-hybridized carbons (Fsp3) is 0.217. The van der Waals surface area contributed by atoms with Gasteiger partial charge in [0.05, 0.1) is 17.8 Å². The number of carboxylic acids is 1. The van der Waals surface area contributed by atoms with Gasteiger partial charge in [-0.15, -0.1) is 0 Å². The van der Waals surface area contributed by atoms with Crippen LogP contribution in [0.15, 0.2) is 59.7 Å². The molecule has 2 atom stereocenters. The molecule has 37 heavy (non-hydrogen) atoms. The van der Waals surface area contributed by atoms with Crippen LogP contribution in [0, 0.1) is 5.82 Å². The number of nitrogens with one attached hydrogen (secondary N) is 2. The van der Waals surface area contributed by atoms with Gasteiger partial charge in [0, 0.05) is 12.5 Å². The van der Waals surface area contributed by atoms with Gasteiger partial charge in [-0.2, -0.15) is 32.2 Å². The number of hydrogen-bond acceptors (Lipinski definition) is 5. The van der Waals surface area contributed by atoms with Crippen molar-refractivity contribution >= 4 is 23.9 Å². The predicted octanol–water partition coefficient (Wildman–Crippen LogP) is 4.78. The Kier molecular flexibility index (Phi) is 6.67. The quantitative estimate of drug-likeness (QED) is 0.244. The number of rotatable bonds is 6. The maximum absolute atomic E-state index is 14.5. The Hall–Kier alpha value is -4.36. The molecule has 2 unspecified atom stereocenters. The first kappa shape index (κ1) is 25.7. The Morgan fingerprint density at radius 2 is 1.73 bits per heavy atom. The molecular weight excluding hydrogens is 508 g/mol. The van der Waals surface area contributed by atoms with Gasteiger partial charge in [0.25, 0.3) is 5.91 Å². The molecular formula is C23H17F6N5O3. The van der Waals surface area contributed by atoms with Crippen LogP contribution in [0.4, 0.5) is 32.2 Å². The Bertz CT molecular complexity index is 1340. The number of aromatic carboxylic acids is 1. The van der Waals surface area contributed by atoms with E-state index in [0.29, 0.717) is 10.2 Å². The first-order valence-electron chi connectivity index (χ1n) is 10.6. The summed E-state index contributed by atoms with van der Waals surface area (Å²) in [5.41, 5.74) is 2.32. The number of carbonyl (C=O) groups excluding carboxylic acids is 1. The van der Waals surface area contributed by atoms with Crippen LogP contribution >= 0.6 is 0 Å². The van der Waals surface area contributed by atoms with Gasteiger partial charge in [-0.3, -0.25) is 4.79 Å². The van der Waals surface area contributed by atoms with Crippen LogP contribution in [0.3, 0.4) is 0 Å². The monoisotopic (exact) mass is 525 g/mol. The summed E-state index contributed by atoms with van der Waals surface area (Å²) in [6.07, 6.45) is -5.48. The second-order valence-electron chi connectivity index (χ2n) is 8.11. The molecule has 3 N–H and O–H groups in total. The molecule has 1 aliphatic rings. The van der Waals surface area contributed by atoms with Crippen molar-refractivity contribution < 1.29 is 41.0 Å². The Morgan fingerprint density at radius 3 is 2.32 bits per heavy atom. The van der Waals surface area contributed by atoms with Crippen LogP contribution in [0.2, 0.25) is 0 Å². The molecule has 1 aromatic heterocycles. The number of fused-ring (bicyclic) bond motifs is 1. The summed E-state index contributed by atoms with van der Waals surface area (Å²) in [5, 5.41) is 19.0. The van der Waals surface area contributed by atoms with Crippen LogP contribution in [0.25, 0.3) is 0 Å². The molecule has 0 saturated carbocycles. The van der Waals surface area contributed by atoms with Gasteiger partial charge in [-0.1, -0.05) is 24.3 Å². The second-order valence-corrected chi connectivity index (χ2v) is 8.11. The zero-order valence-corrected chi connectivity index (χ0v) is 18.5. The lowest BCUT2D eigenvalue weighted by Gasteiger charge is -2.37. The maximum atomic E-state index is 14.5. The van der Waals surface area contributed by atoms with E-state index in [1.54, 1.807) is 0 Å². The topological polar surface area (TPSA) is 109 Å². The Labute approximate surface area is 204 Å². The molecule has 14 heteroatoms. The summed E-state index contributed by atoms with van der Waals surface area (Å²) >= 11 is 0. The summed E-state index contributed by atoms with van der Waals surface area (Å²) < 4.78 is 82.5. The lowest BCUT2D eigenvalue weighted by molar-refractivity contribution is -0.301. The van der Waals surface area contributed by atoms with Crippen LogP contribution in [0.1, 0.15) is 50.5 Å². The highest BCUT2D eigenvalue weighted by Crippen LogP contribution is 2.50. The van der Waals surface area contributed by atoms with Gasteiger partial charge in [-0.05, 0) is 35.4 Å². The standard InChI is InChI=1S/C23H17F6N5O3/c24-15-7-5-13(6-8-15)16-9-18(22(25,26)23(27,28)29)34-19(31-16)10-17(33-34)20(35)32-30-11-12-1-3-14(4-2-12)21(36)37/h1-8,10-11,16,18,31H,9H2,(H,32,35)(H,36,37)/b30-11+. The van der Waals surface area contributed by atoms with E-state index in [9.17, 15) is 35.9 Å². The van der Waals surface area contributed by atoms with Gasteiger partial charge < -0.3 is 10.4 Å². The summed E-state index contributed by atoms with van der Waals surface area (Å²) in [5.74, 6) is -8.20. The third-order valence-corrected chi connectivity index (χ3v) is 5.65. The SMILES string of the molecule is O=C(O)c1ccc(/C=N/NC(=O)c2cc3n(n2)C(C(F)(F)C(F)(F)F)CC(c2ccc(F)cc2)N3)cc1. The van der Waals surface area contributed by atoms with Gasteiger partial charge in [-0.25, -0.2) is 19.3 Å². The van der Waals surface area contributed by atoms with E-state index in [2.05, 4.69) is 20.9 Å². The van der Waals surface area contributed by atoms with E-state index >= 15 is 0 Å².